The summed E-state index contributed by atoms with van der Waals surface area (Å²) in [6, 6.07) is 0. The van der Waals surface area contributed by atoms with E-state index in [2.05, 4.69) is 101 Å². The topological polar surface area (TPSA) is 237 Å². The van der Waals surface area contributed by atoms with Crippen molar-refractivity contribution in [1.29, 1.82) is 0 Å². The van der Waals surface area contributed by atoms with Crippen LogP contribution in [-0.2, 0) is 65.4 Å². The molecular weight excluding hydrogens is 1280 g/mol. The Morgan fingerprint density at radius 1 is 0.296 bits per heavy atom. The molecule has 0 aliphatic rings. The fourth-order valence-corrected chi connectivity index (χ4v) is 12.3. The summed E-state index contributed by atoms with van der Waals surface area (Å²) in [4.78, 5) is 72.9. The summed E-state index contributed by atoms with van der Waals surface area (Å²) in [7, 11) is -9.95. The number of ether oxygens (including phenoxy) is 4. The molecule has 17 nitrogen and oxygen atoms in total. The van der Waals surface area contributed by atoms with Gasteiger partial charge < -0.3 is 33.8 Å². The molecule has 0 radical (unpaired) electrons. The van der Waals surface area contributed by atoms with Gasteiger partial charge in [0.1, 0.15) is 19.3 Å². The average molecular weight is 1430 g/mol. The molecule has 0 aromatic rings. The number of aliphatic hydroxyl groups is 1. The first-order chi connectivity index (χ1) is 47.7. The molecule has 0 amide bonds. The van der Waals surface area contributed by atoms with E-state index < -0.39 is 97.5 Å². The first-order valence-corrected chi connectivity index (χ1v) is 42.2. The minimum atomic E-state index is -4.98. The van der Waals surface area contributed by atoms with Gasteiger partial charge in [-0.2, -0.15) is 0 Å². The van der Waals surface area contributed by atoms with Gasteiger partial charge in [0.15, 0.2) is 12.2 Å². The van der Waals surface area contributed by atoms with Crippen LogP contribution in [0.4, 0.5) is 0 Å². The summed E-state index contributed by atoms with van der Waals surface area (Å²) < 4.78 is 68.5. The van der Waals surface area contributed by atoms with Crippen LogP contribution < -0.4 is 0 Å². The summed E-state index contributed by atoms with van der Waals surface area (Å²) in [5.41, 5.74) is 0. The molecule has 98 heavy (non-hydrogen) atoms. The highest BCUT2D eigenvalue weighted by atomic mass is 31.2. The number of hydrogen-bond donors (Lipinski definition) is 3. The first kappa shape index (κ1) is 94.5. The van der Waals surface area contributed by atoms with Crippen LogP contribution >= 0.6 is 15.6 Å². The molecule has 5 unspecified atom stereocenters. The van der Waals surface area contributed by atoms with Gasteiger partial charge >= 0.3 is 39.5 Å². The molecule has 0 aliphatic carbocycles. The maximum absolute atomic E-state index is 13.1. The molecule has 0 aromatic heterocycles. The largest absolute Gasteiger partial charge is 0.472 e. The predicted molar refractivity (Wildman–Crippen MR) is 400 cm³/mol. The fraction of sp³-hybridized carbons (Fsp3) is 0.797. The lowest BCUT2D eigenvalue weighted by molar-refractivity contribution is -0.161. The molecule has 0 aromatic carbocycles. The highest BCUT2D eigenvalue weighted by molar-refractivity contribution is 7.47. The summed E-state index contributed by atoms with van der Waals surface area (Å²) in [5, 5.41) is 10.6. The summed E-state index contributed by atoms with van der Waals surface area (Å²) in [6.45, 7) is 4.70. The molecule has 19 heteroatoms. The zero-order chi connectivity index (χ0) is 71.8. The van der Waals surface area contributed by atoms with Crippen molar-refractivity contribution in [3.05, 3.63) is 72.9 Å². The Bertz CT molecular complexity index is 2140. The van der Waals surface area contributed by atoms with Crippen LogP contribution in [0, 0.1) is 0 Å². The van der Waals surface area contributed by atoms with Gasteiger partial charge in [0.05, 0.1) is 26.4 Å². The van der Waals surface area contributed by atoms with Crippen LogP contribution in [-0.4, -0.2) is 96.7 Å². The highest BCUT2D eigenvalue weighted by Gasteiger charge is 2.30. The molecule has 0 fully saturated rings. The van der Waals surface area contributed by atoms with E-state index >= 15 is 0 Å². The Kier molecular flexibility index (Phi) is 69.3. The summed E-state index contributed by atoms with van der Waals surface area (Å²) in [5.74, 6) is -2.19. The number of carbonyl (C=O) groups is 4. The van der Waals surface area contributed by atoms with Gasteiger partial charge in [-0.15, -0.1) is 0 Å². The zero-order valence-electron chi connectivity index (χ0n) is 62.2. The lowest BCUT2D eigenvalue weighted by Crippen LogP contribution is -2.30. The van der Waals surface area contributed by atoms with Crippen molar-refractivity contribution in [2.75, 3.05) is 39.6 Å². The Balaban J connectivity index is 5.34. The Hall–Kier alpha value is -3.50. The molecular formula is C79H142O17P2. The van der Waals surface area contributed by atoms with Crippen LogP contribution in [0.2, 0.25) is 0 Å². The number of carbonyl (C=O) groups excluding carboxylic acids is 4. The minimum Gasteiger partial charge on any atom is -0.462 e. The molecule has 570 valence electrons. The van der Waals surface area contributed by atoms with Crippen molar-refractivity contribution < 1.29 is 80.2 Å². The van der Waals surface area contributed by atoms with E-state index in [9.17, 15) is 43.2 Å². The third kappa shape index (κ3) is 70.9. The standard InChI is InChI=1S/C79H142O17P2/c1-5-9-13-17-21-25-29-33-36-40-43-47-51-55-59-63-76(81)89-69-74(95-78(83)65-61-57-53-49-45-39-32-28-24-20-16-12-8-4)71-93-97(85,86)91-67-73(80)68-92-98(87,88)94-72-75(96-79(84)66-62-58-54-50-46-42-38-35-31-27-23-19-15-11-7-3)70-90-77(82)64-60-56-52-48-44-41-37-34-30-26-22-18-14-10-6-2/h10,14,16,20,22,26,28,32,34-35,37-38,73-75,80H,5-9,11-13,15,17-19,21,23-25,27,29-31,33,36,39-72H2,1-4H3,(H,85,86)(H,87,88)/b14-10-,20-16-,26-22-,32-28-,37-34-,38-35-. The second kappa shape index (κ2) is 71.9. The number of allylic oxidation sites excluding steroid dienone is 12. The van der Waals surface area contributed by atoms with Crippen LogP contribution in [0.5, 0.6) is 0 Å². The molecule has 0 spiro atoms. The van der Waals surface area contributed by atoms with Crippen LogP contribution in [0.3, 0.4) is 0 Å². The Morgan fingerprint density at radius 2 is 0.551 bits per heavy atom. The van der Waals surface area contributed by atoms with Gasteiger partial charge in [0.2, 0.25) is 0 Å². The lowest BCUT2D eigenvalue weighted by Gasteiger charge is -2.21. The van der Waals surface area contributed by atoms with Gasteiger partial charge in [-0.05, 0) is 109 Å². The van der Waals surface area contributed by atoms with Gasteiger partial charge in [0, 0.05) is 25.7 Å². The van der Waals surface area contributed by atoms with Crippen molar-refractivity contribution >= 4 is 39.5 Å². The van der Waals surface area contributed by atoms with Crippen molar-refractivity contribution in [3.63, 3.8) is 0 Å². The molecule has 5 atom stereocenters. The van der Waals surface area contributed by atoms with Crippen LogP contribution in [0.1, 0.15) is 349 Å². The average Bonchev–Trinajstić information content (AvgIpc) is 1.04. The minimum absolute atomic E-state index is 0.0825. The second-order valence-corrected chi connectivity index (χ2v) is 29.2. The van der Waals surface area contributed by atoms with Gasteiger partial charge in [-0.1, -0.05) is 287 Å². The van der Waals surface area contributed by atoms with E-state index in [0.29, 0.717) is 25.7 Å². The maximum Gasteiger partial charge on any atom is 0.472 e. The molecule has 0 bridgehead atoms. The predicted octanol–water partition coefficient (Wildman–Crippen LogP) is 22.4. The zero-order valence-corrected chi connectivity index (χ0v) is 64.0. The lowest BCUT2D eigenvalue weighted by atomic mass is 10.0. The molecule has 0 heterocycles. The molecule has 0 rings (SSSR count). The number of phosphoric acid groups is 2. The third-order valence-electron chi connectivity index (χ3n) is 16.6. The summed E-state index contributed by atoms with van der Waals surface area (Å²) in [6.07, 6.45) is 71.7. The van der Waals surface area contributed by atoms with E-state index in [1.807, 2.05) is 0 Å². The van der Waals surface area contributed by atoms with E-state index in [0.717, 1.165) is 161 Å². The van der Waals surface area contributed by atoms with E-state index in [1.54, 1.807) is 0 Å². The number of rotatable bonds is 74. The van der Waals surface area contributed by atoms with Gasteiger partial charge in [-0.25, -0.2) is 9.13 Å². The Morgan fingerprint density at radius 3 is 0.867 bits per heavy atom. The van der Waals surface area contributed by atoms with Crippen molar-refractivity contribution in [1.82, 2.24) is 0 Å². The molecule has 0 saturated carbocycles. The summed E-state index contributed by atoms with van der Waals surface area (Å²) >= 11 is 0. The maximum atomic E-state index is 13.1. The quantitative estimate of drug-likeness (QED) is 0.0169. The first-order valence-electron chi connectivity index (χ1n) is 39.2. The Labute approximate surface area is 596 Å². The number of esters is 4. The number of unbranched alkanes of at least 4 members (excludes halogenated alkanes) is 36. The molecule has 0 aliphatic heterocycles. The smallest absolute Gasteiger partial charge is 0.462 e. The SMILES string of the molecule is CC/C=C\C/C=C\C/C=C\CCCCCCCC(=O)OCC(COP(=O)(O)OCC(O)COP(=O)(O)OCC(COC(=O)CCCCCCCCCCCCCCCCC)OC(=O)CCCCCCC/C=C\C/C=C\CCC)OC(=O)CCCCCCC/C=C\CCCCCCCC. The number of phosphoric ester groups is 2. The fourth-order valence-electron chi connectivity index (χ4n) is 10.7. The van der Waals surface area contributed by atoms with Crippen LogP contribution in [0.25, 0.3) is 0 Å². The second-order valence-electron chi connectivity index (χ2n) is 26.3. The highest BCUT2D eigenvalue weighted by Crippen LogP contribution is 2.45. The molecule has 3 N–H and O–H groups in total. The molecule has 0 saturated heterocycles. The van der Waals surface area contributed by atoms with E-state index in [1.165, 1.54) is 109 Å². The van der Waals surface area contributed by atoms with E-state index in [-0.39, 0.29) is 25.7 Å². The van der Waals surface area contributed by atoms with Gasteiger partial charge in [0.25, 0.3) is 0 Å². The number of aliphatic hydroxyl groups excluding tert-OH is 1. The van der Waals surface area contributed by atoms with Crippen molar-refractivity contribution in [3.8, 4) is 0 Å². The normalized spacial score (nSPS) is 14.3. The van der Waals surface area contributed by atoms with Gasteiger partial charge in [-0.3, -0.25) is 37.3 Å². The van der Waals surface area contributed by atoms with Crippen molar-refractivity contribution in [2.24, 2.45) is 0 Å². The van der Waals surface area contributed by atoms with Crippen molar-refractivity contribution in [2.45, 2.75) is 367 Å². The monoisotopic (exact) mass is 1420 g/mol. The number of hydrogen-bond acceptors (Lipinski definition) is 15. The van der Waals surface area contributed by atoms with E-state index in [4.69, 9.17) is 37.0 Å². The van der Waals surface area contributed by atoms with Crippen LogP contribution in [0.15, 0.2) is 72.9 Å². The third-order valence-corrected chi connectivity index (χ3v) is 18.5.